The van der Waals surface area contributed by atoms with E-state index in [4.69, 9.17) is 37.2 Å². The Bertz CT molecular complexity index is 1740. The van der Waals surface area contributed by atoms with Crippen molar-refractivity contribution in [3.8, 4) is 23.0 Å². The van der Waals surface area contributed by atoms with Gasteiger partial charge in [0.2, 0.25) is 0 Å². The van der Waals surface area contributed by atoms with Gasteiger partial charge in [-0.2, -0.15) is 16.8 Å². The zero-order valence-electron chi connectivity index (χ0n) is 18.9. The number of ketones is 1. The fraction of sp³-hybridized carbons (Fsp3) is 0. The summed E-state index contributed by atoms with van der Waals surface area (Å²) in [6.07, 6.45) is 0. The van der Waals surface area contributed by atoms with Crippen LogP contribution in [0.3, 0.4) is 0 Å². The summed E-state index contributed by atoms with van der Waals surface area (Å²) in [6.45, 7) is 0. The Morgan fingerprint density at radius 2 is 1.24 bits per heavy atom. The first-order chi connectivity index (χ1) is 17.8. The predicted molar refractivity (Wildman–Crippen MR) is 139 cm³/mol. The maximum Gasteiger partial charge on any atom is 0.298 e. The highest BCUT2D eigenvalue weighted by molar-refractivity contribution is 7.86. The second-order valence-corrected chi connectivity index (χ2v) is 11.4. The maximum atomic E-state index is 12.8. The van der Waals surface area contributed by atoms with Crippen molar-refractivity contribution in [1.82, 2.24) is 0 Å². The van der Waals surface area contributed by atoms with Crippen molar-refractivity contribution in [1.29, 1.82) is 0 Å². The van der Waals surface area contributed by atoms with Crippen LogP contribution in [-0.4, -0.2) is 31.7 Å². The number of hydrogen-bond donors (Lipinski definition) is 2. The van der Waals surface area contributed by atoms with Gasteiger partial charge < -0.3 is 9.47 Å². The Morgan fingerprint density at radius 3 is 1.84 bits per heavy atom. The van der Waals surface area contributed by atoms with E-state index in [1.807, 2.05) is 0 Å². The smallest absolute Gasteiger partial charge is 0.298 e. The topological polar surface area (TPSA) is 144 Å². The fourth-order valence-corrected chi connectivity index (χ4v) is 4.77. The maximum absolute atomic E-state index is 12.8. The predicted octanol–water partition coefficient (Wildman–Crippen LogP) is 6.30. The summed E-state index contributed by atoms with van der Waals surface area (Å²) >= 11 is 12.1. The Labute approximate surface area is 227 Å². The lowest BCUT2D eigenvalue weighted by atomic mass is 10.0. The van der Waals surface area contributed by atoms with Gasteiger partial charge >= 0.3 is 0 Å². The normalized spacial score (nSPS) is 11.7. The monoisotopic (exact) mass is 594 g/mol. The summed E-state index contributed by atoms with van der Waals surface area (Å²) in [5.41, 5.74) is 0.491. The van der Waals surface area contributed by atoms with Gasteiger partial charge in [0.15, 0.2) is 5.78 Å². The molecule has 4 rings (SSSR count). The number of benzene rings is 4. The molecular formula is C25H16Cl2O9S2. The van der Waals surface area contributed by atoms with Gasteiger partial charge in [0.1, 0.15) is 27.9 Å². The highest BCUT2D eigenvalue weighted by Gasteiger charge is 2.20. The molecule has 0 unspecified atom stereocenters. The summed E-state index contributed by atoms with van der Waals surface area (Å²) in [4.78, 5) is 11.8. The number of carbonyl (C=O) groups excluding carboxylic acids is 1. The molecule has 2 N–H and O–H groups in total. The molecule has 196 valence electrons. The van der Waals surface area contributed by atoms with Gasteiger partial charge in [-0.1, -0.05) is 23.2 Å². The largest absolute Gasteiger partial charge is 0.457 e. The number of hydrogen-bond acceptors (Lipinski definition) is 7. The molecule has 0 radical (unpaired) electrons. The molecule has 0 saturated carbocycles. The standard InChI is InChI=1S/C25H16Cl2O9S2/c26-16-3-11-22(27)21(13-16)25(28)15-1-4-18(5-2-15)36-23-12-8-19(14-24(23)38(32,33)34)35-17-6-9-20(10-7-17)37(29,30)31/h1-14H,(H,29,30,31)(H,32,33,34). The average molecular weight is 595 g/mol. The second-order valence-electron chi connectivity index (χ2n) is 7.71. The molecule has 0 aliphatic carbocycles. The molecule has 13 heteroatoms. The molecule has 0 spiro atoms. The molecule has 9 nitrogen and oxygen atoms in total. The molecule has 4 aromatic rings. The van der Waals surface area contributed by atoms with Gasteiger partial charge in [0.05, 0.1) is 9.92 Å². The van der Waals surface area contributed by atoms with Crippen LogP contribution in [0.4, 0.5) is 0 Å². The van der Waals surface area contributed by atoms with E-state index in [2.05, 4.69) is 0 Å². The molecular weight excluding hydrogens is 579 g/mol. The van der Waals surface area contributed by atoms with Crippen molar-refractivity contribution < 1.29 is 40.2 Å². The van der Waals surface area contributed by atoms with E-state index in [1.54, 1.807) is 6.07 Å². The Hall–Kier alpha value is -3.45. The number of rotatable bonds is 8. The summed E-state index contributed by atoms with van der Waals surface area (Å²) < 4.78 is 76.3. The third kappa shape index (κ3) is 6.51. The van der Waals surface area contributed by atoms with E-state index in [1.165, 1.54) is 60.7 Å². The Kier molecular flexibility index (Phi) is 7.79. The highest BCUT2D eigenvalue weighted by atomic mass is 35.5. The number of ether oxygens (including phenoxy) is 2. The molecule has 4 aromatic carbocycles. The van der Waals surface area contributed by atoms with E-state index in [0.717, 1.165) is 18.2 Å². The van der Waals surface area contributed by atoms with Crippen LogP contribution in [0.15, 0.2) is 94.7 Å². The van der Waals surface area contributed by atoms with Crippen LogP contribution in [0.5, 0.6) is 23.0 Å². The molecule has 0 saturated heterocycles. The zero-order chi connectivity index (χ0) is 27.7. The van der Waals surface area contributed by atoms with Crippen LogP contribution in [0.25, 0.3) is 0 Å². The van der Waals surface area contributed by atoms with Crippen LogP contribution in [0.1, 0.15) is 15.9 Å². The molecule has 0 bridgehead atoms. The van der Waals surface area contributed by atoms with Crippen LogP contribution in [-0.2, 0) is 20.2 Å². The lowest BCUT2D eigenvalue weighted by Crippen LogP contribution is -2.03. The molecule has 38 heavy (non-hydrogen) atoms. The van der Waals surface area contributed by atoms with Gasteiger partial charge in [-0.3, -0.25) is 13.9 Å². The average Bonchev–Trinajstić information content (AvgIpc) is 2.85. The molecule has 0 fully saturated rings. The minimum Gasteiger partial charge on any atom is -0.457 e. The minimum absolute atomic E-state index is 0.0103. The zero-order valence-corrected chi connectivity index (χ0v) is 22.1. The first kappa shape index (κ1) is 27.6. The Morgan fingerprint density at radius 1 is 0.658 bits per heavy atom. The van der Waals surface area contributed by atoms with Crippen molar-refractivity contribution in [3.05, 3.63) is 106 Å². The number of halogens is 2. The van der Waals surface area contributed by atoms with Crippen LogP contribution in [0.2, 0.25) is 10.0 Å². The highest BCUT2D eigenvalue weighted by Crippen LogP contribution is 2.34. The molecule has 0 aromatic heterocycles. The lowest BCUT2D eigenvalue weighted by molar-refractivity contribution is 0.103. The molecule has 0 amide bonds. The van der Waals surface area contributed by atoms with E-state index in [-0.39, 0.29) is 49.8 Å². The third-order valence-corrected chi connectivity index (χ3v) is 7.38. The molecule has 0 aliphatic rings. The van der Waals surface area contributed by atoms with Crippen molar-refractivity contribution >= 4 is 49.2 Å². The third-order valence-electron chi connectivity index (χ3n) is 5.07. The Balaban J connectivity index is 1.56. The van der Waals surface area contributed by atoms with Crippen LogP contribution >= 0.6 is 23.2 Å². The van der Waals surface area contributed by atoms with E-state index in [9.17, 15) is 26.2 Å². The van der Waals surface area contributed by atoms with E-state index in [0.29, 0.717) is 5.02 Å². The molecule has 0 atom stereocenters. The molecule has 0 heterocycles. The van der Waals surface area contributed by atoms with Crippen LogP contribution in [0, 0.1) is 0 Å². The molecule has 0 aliphatic heterocycles. The van der Waals surface area contributed by atoms with Crippen molar-refractivity contribution in [2.45, 2.75) is 9.79 Å². The van der Waals surface area contributed by atoms with Gasteiger partial charge in [0, 0.05) is 22.2 Å². The lowest BCUT2D eigenvalue weighted by Gasteiger charge is -2.12. The first-order valence-corrected chi connectivity index (χ1v) is 14.1. The quantitative estimate of drug-likeness (QED) is 0.177. The minimum atomic E-state index is -4.76. The SMILES string of the molecule is O=C(c1ccc(Oc2ccc(Oc3ccc(S(=O)(=O)O)cc3)cc2S(=O)(=O)O)cc1)c1cc(Cl)ccc1Cl. The van der Waals surface area contributed by atoms with E-state index < -0.39 is 25.1 Å². The van der Waals surface area contributed by atoms with Gasteiger partial charge in [-0.05, 0) is 78.9 Å². The summed E-state index contributed by atoms with van der Waals surface area (Å²) in [7, 11) is -9.15. The summed E-state index contributed by atoms with van der Waals surface area (Å²) in [6, 6.07) is 18.6. The number of carbonyl (C=O) groups is 1. The van der Waals surface area contributed by atoms with E-state index >= 15 is 0 Å². The summed E-state index contributed by atoms with van der Waals surface area (Å²) in [5.74, 6) is -0.318. The first-order valence-electron chi connectivity index (χ1n) is 10.5. The second kappa shape index (κ2) is 10.7. The van der Waals surface area contributed by atoms with Crippen molar-refractivity contribution in [2.24, 2.45) is 0 Å². The van der Waals surface area contributed by atoms with Gasteiger partial charge in [0.25, 0.3) is 20.2 Å². The van der Waals surface area contributed by atoms with Crippen molar-refractivity contribution in [3.63, 3.8) is 0 Å². The van der Waals surface area contributed by atoms with Gasteiger partial charge in [-0.15, -0.1) is 0 Å². The van der Waals surface area contributed by atoms with Gasteiger partial charge in [-0.25, -0.2) is 0 Å². The van der Waals surface area contributed by atoms with Crippen LogP contribution < -0.4 is 9.47 Å². The van der Waals surface area contributed by atoms with Crippen molar-refractivity contribution in [2.75, 3.05) is 0 Å². The fourth-order valence-electron chi connectivity index (χ4n) is 3.28. The summed E-state index contributed by atoms with van der Waals surface area (Å²) in [5, 5.41) is 0.576.